The minimum absolute atomic E-state index is 0.163. The normalized spacial score (nSPS) is 10.8. The molecule has 4 aromatic rings. The van der Waals surface area contributed by atoms with Gasteiger partial charge in [-0.15, -0.1) is 5.10 Å². The van der Waals surface area contributed by atoms with Crippen LogP contribution in [0.1, 0.15) is 37.7 Å². The number of aryl methyl sites for hydroxylation is 1. The van der Waals surface area contributed by atoms with Gasteiger partial charge in [0.2, 0.25) is 5.95 Å². The summed E-state index contributed by atoms with van der Waals surface area (Å²) in [6, 6.07) is 17.6. The van der Waals surface area contributed by atoms with Gasteiger partial charge in [0.05, 0.1) is 41.5 Å². The third kappa shape index (κ3) is 4.95. The number of pyridine rings is 1. The van der Waals surface area contributed by atoms with E-state index in [0.717, 1.165) is 23.4 Å². The number of benzene rings is 1. The molecule has 0 spiro atoms. The molecule has 0 bridgehead atoms. The van der Waals surface area contributed by atoms with Crippen molar-refractivity contribution in [3.8, 4) is 28.7 Å². The Balaban J connectivity index is 1.68. The predicted molar refractivity (Wildman–Crippen MR) is 123 cm³/mol. The van der Waals surface area contributed by atoms with Crippen LogP contribution in [-0.2, 0) is 13.0 Å². The Labute approximate surface area is 187 Å². The zero-order valence-electron chi connectivity index (χ0n) is 18.3. The lowest BCUT2D eigenvalue weighted by Crippen LogP contribution is -2.13. The summed E-state index contributed by atoms with van der Waals surface area (Å²) in [5, 5.41) is 21.1. The Morgan fingerprint density at radius 2 is 1.75 bits per heavy atom. The molecule has 8 nitrogen and oxygen atoms in total. The first-order chi connectivity index (χ1) is 15.5. The molecular formula is C24H24N8. The van der Waals surface area contributed by atoms with Crippen LogP contribution in [0.5, 0.6) is 0 Å². The van der Waals surface area contributed by atoms with Crippen molar-refractivity contribution in [1.82, 2.24) is 29.9 Å². The highest BCUT2D eigenvalue weighted by molar-refractivity contribution is 5.68. The van der Waals surface area contributed by atoms with Crippen molar-refractivity contribution in [1.29, 1.82) is 5.26 Å². The molecule has 160 valence electrons. The highest BCUT2D eigenvalue weighted by Gasteiger charge is 2.13. The van der Waals surface area contributed by atoms with Crippen molar-refractivity contribution in [3.05, 3.63) is 71.7 Å². The molecule has 1 aromatic carbocycles. The number of aromatic nitrogens is 6. The summed E-state index contributed by atoms with van der Waals surface area (Å²) in [4.78, 5) is 13.9. The van der Waals surface area contributed by atoms with Gasteiger partial charge in [0.1, 0.15) is 5.69 Å². The van der Waals surface area contributed by atoms with Crippen LogP contribution in [-0.4, -0.2) is 36.0 Å². The van der Waals surface area contributed by atoms with Crippen LogP contribution in [0.15, 0.2) is 54.7 Å². The third-order valence-electron chi connectivity index (χ3n) is 4.78. The summed E-state index contributed by atoms with van der Waals surface area (Å²) >= 11 is 0. The largest absolute Gasteiger partial charge is 0.352 e. The van der Waals surface area contributed by atoms with E-state index >= 15 is 0 Å². The summed E-state index contributed by atoms with van der Waals surface area (Å²) in [7, 11) is 0. The molecule has 4 rings (SSSR count). The smallest absolute Gasteiger partial charge is 0.224 e. The lowest BCUT2D eigenvalue weighted by Gasteiger charge is -2.11. The second kappa shape index (κ2) is 9.35. The van der Waals surface area contributed by atoms with Gasteiger partial charge in [-0.2, -0.15) is 5.26 Å². The third-order valence-corrected chi connectivity index (χ3v) is 4.78. The molecule has 8 heteroatoms. The Morgan fingerprint density at radius 3 is 2.53 bits per heavy atom. The van der Waals surface area contributed by atoms with Crippen LogP contribution in [0.4, 0.5) is 5.95 Å². The molecule has 32 heavy (non-hydrogen) atoms. The average molecular weight is 425 g/mol. The van der Waals surface area contributed by atoms with Gasteiger partial charge < -0.3 is 5.32 Å². The molecule has 0 aliphatic rings. The van der Waals surface area contributed by atoms with Crippen molar-refractivity contribution in [3.63, 3.8) is 0 Å². The van der Waals surface area contributed by atoms with Crippen LogP contribution >= 0.6 is 0 Å². The van der Waals surface area contributed by atoms with Crippen LogP contribution in [0.3, 0.4) is 0 Å². The maximum absolute atomic E-state index is 9.25. The number of nitrogens with one attached hydrogen (secondary N) is 1. The van der Waals surface area contributed by atoms with E-state index in [4.69, 9.17) is 0 Å². The first-order valence-electron chi connectivity index (χ1n) is 10.6. The van der Waals surface area contributed by atoms with Crippen molar-refractivity contribution in [2.75, 3.05) is 5.32 Å². The Bertz CT molecular complexity index is 1270. The quantitative estimate of drug-likeness (QED) is 0.476. The predicted octanol–water partition coefficient (Wildman–Crippen LogP) is 4.10. The number of nitriles is 1. The lowest BCUT2D eigenvalue weighted by atomic mass is 10.1. The zero-order chi connectivity index (χ0) is 22.5. The number of anilines is 1. The number of nitrogens with zero attached hydrogens (tertiary/aromatic N) is 7. The van der Waals surface area contributed by atoms with Gasteiger partial charge in [-0.25, -0.2) is 14.6 Å². The summed E-state index contributed by atoms with van der Waals surface area (Å²) in [6.07, 6.45) is 2.75. The van der Waals surface area contributed by atoms with E-state index in [0.29, 0.717) is 35.1 Å². The van der Waals surface area contributed by atoms with Crippen molar-refractivity contribution < 1.29 is 0 Å². The van der Waals surface area contributed by atoms with E-state index in [9.17, 15) is 5.26 Å². The van der Waals surface area contributed by atoms with Crippen LogP contribution < -0.4 is 5.32 Å². The number of hydrogen-bond donors (Lipinski definition) is 1. The summed E-state index contributed by atoms with van der Waals surface area (Å²) in [5.41, 5.74) is 5.40. The van der Waals surface area contributed by atoms with Gasteiger partial charge in [0.25, 0.3) is 0 Å². The highest BCUT2D eigenvalue weighted by atomic mass is 15.4. The van der Waals surface area contributed by atoms with E-state index in [2.05, 4.69) is 43.6 Å². The fourth-order valence-electron chi connectivity index (χ4n) is 3.27. The number of rotatable bonds is 7. The fraction of sp³-hybridized carbons (Fsp3) is 0.250. The van der Waals surface area contributed by atoms with Gasteiger partial charge in [0, 0.05) is 17.3 Å². The Morgan fingerprint density at radius 1 is 0.969 bits per heavy atom. The molecule has 0 aliphatic heterocycles. The summed E-state index contributed by atoms with van der Waals surface area (Å²) in [5.74, 6) is 0.502. The van der Waals surface area contributed by atoms with Crippen LogP contribution in [0.25, 0.3) is 22.6 Å². The maximum atomic E-state index is 9.25. The molecule has 0 unspecified atom stereocenters. The van der Waals surface area contributed by atoms with Crippen LogP contribution in [0, 0.1) is 11.3 Å². The molecule has 3 aromatic heterocycles. The van der Waals surface area contributed by atoms with Crippen LogP contribution in [0.2, 0.25) is 0 Å². The first kappa shape index (κ1) is 21.1. The minimum Gasteiger partial charge on any atom is -0.352 e. The lowest BCUT2D eigenvalue weighted by molar-refractivity contribution is 0.636. The Hall–Kier alpha value is -4.12. The van der Waals surface area contributed by atoms with Gasteiger partial charge in [-0.3, -0.25) is 4.98 Å². The van der Waals surface area contributed by atoms with E-state index in [1.807, 2.05) is 62.5 Å². The van der Waals surface area contributed by atoms with Crippen molar-refractivity contribution >= 4 is 5.95 Å². The topological polar surface area (TPSA) is 105 Å². The van der Waals surface area contributed by atoms with Gasteiger partial charge >= 0.3 is 0 Å². The fourth-order valence-corrected chi connectivity index (χ4v) is 3.27. The average Bonchev–Trinajstić information content (AvgIpc) is 3.27. The zero-order valence-corrected chi connectivity index (χ0v) is 18.3. The minimum atomic E-state index is 0.163. The summed E-state index contributed by atoms with van der Waals surface area (Å²) < 4.78 is 1.75. The van der Waals surface area contributed by atoms with Crippen molar-refractivity contribution in [2.24, 2.45) is 0 Å². The molecular weight excluding hydrogens is 400 g/mol. The van der Waals surface area contributed by atoms with E-state index in [-0.39, 0.29) is 6.04 Å². The molecule has 0 amide bonds. The van der Waals surface area contributed by atoms with Gasteiger partial charge in [0.15, 0.2) is 0 Å². The van der Waals surface area contributed by atoms with Gasteiger partial charge in [-0.05, 0) is 50.6 Å². The SMILES string of the molecule is CCc1cccc(Cn2cc(-c3cc(-c4cccc(C#N)c4)nc(NC(C)C)n3)nn2)n1. The molecule has 0 saturated heterocycles. The van der Waals surface area contributed by atoms with Crippen molar-refractivity contribution in [2.45, 2.75) is 39.8 Å². The molecule has 1 N–H and O–H groups in total. The molecule has 0 radical (unpaired) electrons. The van der Waals surface area contributed by atoms with E-state index in [1.165, 1.54) is 0 Å². The van der Waals surface area contributed by atoms with E-state index in [1.54, 1.807) is 10.7 Å². The Kier molecular flexibility index (Phi) is 6.17. The summed E-state index contributed by atoms with van der Waals surface area (Å²) in [6.45, 7) is 6.67. The molecule has 3 heterocycles. The molecule has 0 atom stereocenters. The molecule has 0 fully saturated rings. The second-order valence-electron chi connectivity index (χ2n) is 7.73. The molecule has 0 saturated carbocycles. The highest BCUT2D eigenvalue weighted by Crippen LogP contribution is 2.25. The monoisotopic (exact) mass is 424 g/mol. The molecule has 0 aliphatic carbocycles. The first-order valence-corrected chi connectivity index (χ1v) is 10.6. The second-order valence-corrected chi connectivity index (χ2v) is 7.73. The maximum Gasteiger partial charge on any atom is 0.224 e. The number of hydrogen-bond acceptors (Lipinski definition) is 7. The standard InChI is InChI=1S/C24H24N8/c1-4-19-9-6-10-20(27-19)14-32-15-23(30-31-32)22-12-21(28-24(29-22)26-16(2)3)18-8-5-7-17(11-18)13-25/h5-12,15-16H,4,14H2,1-3H3,(H,26,28,29). The van der Waals surface area contributed by atoms with Gasteiger partial charge in [-0.1, -0.05) is 30.3 Å². The van der Waals surface area contributed by atoms with E-state index < -0.39 is 0 Å².